The van der Waals surface area contributed by atoms with E-state index in [2.05, 4.69) is 4.74 Å². The number of ether oxygens (including phenoxy) is 3. The Morgan fingerprint density at radius 1 is 1.00 bits per heavy atom. The summed E-state index contributed by atoms with van der Waals surface area (Å²) in [6.07, 6.45) is -3.49. The Morgan fingerprint density at radius 2 is 1.57 bits per heavy atom. The second kappa shape index (κ2) is 8.45. The molecule has 0 bridgehead atoms. The number of alkyl halides is 2. The van der Waals surface area contributed by atoms with Crippen molar-refractivity contribution in [3.8, 4) is 5.75 Å². The first-order valence-corrected chi connectivity index (χ1v) is 8.85. The van der Waals surface area contributed by atoms with Crippen molar-refractivity contribution in [1.82, 2.24) is 0 Å². The molecule has 1 fully saturated rings. The van der Waals surface area contributed by atoms with E-state index in [1.807, 2.05) is 6.92 Å². The first-order chi connectivity index (χ1) is 13.3. The van der Waals surface area contributed by atoms with Gasteiger partial charge in [0.05, 0.1) is 13.2 Å². The van der Waals surface area contributed by atoms with Gasteiger partial charge in [0.1, 0.15) is 28.8 Å². The van der Waals surface area contributed by atoms with Crippen LogP contribution in [-0.4, -0.2) is 13.2 Å². The number of benzene rings is 2. The van der Waals surface area contributed by atoms with Crippen LogP contribution in [0.25, 0.3) is 0 Å². The van der Waals surface area contributed by atoms with Gasteiger partial charge in [0.15, 0.2) is 6.29 Å². The van der Waals surface area contributed by atoms with Crippen molar-refractivity contribution in [3.05, 3.63) is 65.0 Å². The molecule has 3 nitrogen and oxygen atoms in total. The van der Waals surface area contributed by atoms with Crippen molar-refractivity contribution in [2.24, 2.45) is 5.92 Å². The van der Waals surface area contributed by atoms with Crippen LogP contribution >= 0.6 is 0 Å². The molecular weight excluding hydrogens is 383 g/mol. The SMILES string of the molecule is CCCC1COC(c2cc(F)c(C(F)(F)Oc3ccc(F)cc3)c(F)c2)OC1. The van der Waals surface area contributed by atoms with Gasteiger partial charge in [-0.3, -0.25) is 0 Å². The highest BCUT2D eigenvalue weighted by molar-refractivity contribution is 5.31. The maximum atomic E-state index is 14.4. The normalized spacial score (nSPS) is 20.2. The van der Waals surface area contributed by atoms with Crippen molar-refractivity contribution in [3.63, 3.8) is 0 Å². The molecule has 0 saturated carbocycles. The summed E-state index contributed by atoms with van der Waals surface area (Å²) < 4.78 is 85.5. The fourth-order valence-corrected chi connectivity index (χ4v) is 3.02. The monoisotopic (exact) mass is 402 g/mol. The highest BCUT2D eigenvalue weighted by Crippen LogP contribution is 2.37. The van der Waals surface area contributed by atoms with E-state index < -0.39 is 41.2 Å². The summed E-state index contributed by atoms with van der Waals surface area (Å²) in [4.78, 5) is 0. The van der Waals surface area contributed by atoms with Gasteiger partial charge in [0, 0.05) is 11.5 Å². The molecule has 1 aliphatic rings. The van der Waals surface area contributed by atoms with E-state index in [1.165, 1.54) is 0 Å². The molecule has 0 atom stereocenters. The number of halogens is 5. The topological polar surface area (TPSA) is 27.7 Å². The summed E-state index contributed by atoms with van der Waals surface area (Å²) >= 11 is 0. The molecule has 2 aromatic rings. The predicted molar refractivity (Wildman–Crippen MR) is 90.3 cm³/mol. The lowest BCUT2D eigenvalue weighted by atomic mass is 10.0. The van der Waals surface area contributed by atoms with E-state index in [0.29, 0.717) is 13.2 Å². The Kier molecular flexibility index (Phi) is 6.20. The maximum absolute atomic E-state index is 14.4. The van der Waals surface area contributed by atoms with Crippen molar-refractivity contribution in [2.45, 2.75) is 32.2 Å². The maximum Gasteiger partial charge on any atom is 0.432 e. The standard InChI is InChI=1S/C20H19F5O3/c1-2-3-12-10-26-19(27-11-12)13-8-16(22)18(17(23)9-13)20(24,25)28-15-6-4-14(21)5-7-15/h4-9,12,19H,2-3,10-11H2,1H3. The molecule has 8 heteroatoms. The molecule has 28 heavy (non-hydrogen) atoms. The minimum Gasteiger partial charge on any atom is -0.429 e. The average Bonchev–Trinajstić information content (AvgIpc) is 2.63. The second-order valence-corrected chi connectivity index (χ2v) is 6.59. The van der Waals surface area contributed by atoms with Gasteiger partial charge in [-0.2, -0.15) is 8.78 Å². The van der Waals surface area contributed by atoms with E-state index in [1.54, 1.807) is 0 Å². The van der Waals surface area contributed by atoms with Crippen molar-refractivity contribution < 1.29 is 36.2 Å². The third-order valence-electron chi connectivity index (χ3n) is 4.35. The quantitative estimate of drug-likeness (QED) is 0.581. The van der Waals surface area contributed by atoms with E-state index in [9.17, 15) is 22.0 Å². The van der Waals surface area contributed by atoms with Crippen LogP contribution in [0.4, 0.5) is 22.0 Å². The average molecular weight is 402 g/mol. The Hall–Kier alpha value is -2.19. The lowest BCUT2D eigenvalue weighted by molar-refractivity contribution is -0.206. The summed E-state index contributed by atoms with van der Waals surface area (Å²) in [7, 11) is 0. The van der Waals surface area contributed by atoms with Crippen LogP contribution in [0.15, 0.2) is 36.4 Å². The van der Waals surface area contributed by atoms with Gasteiger partial charge in [-0.25, -0.2) is 13.2 Å². The number of rotatable bonds is 6. The zero-order chi connectivity index (χ0) is 20.3. The highest BCUT2D eigenvalue weighted by Gasteiger charge is 2.41. The van der Waals surface area contributed by atoms with Crippen molar-refractivity contribution in [1.29, 1.82) is 0 Å². The van der Waals surface area contributed by atoms with Crippen LogP contribution in [0.2, 0.25) is 0 Å². The molecule has 3 rings (SSSR count). The summed E-state index contributed by atoms with van der Waals surface area (Å²) in [5.41, 5.74) is -1.58. The predicted octanol–water partition coefficient (Wildman–Crippen LogP) is 5.69. The molecule has 152 valence electrons. The lowest BCUT2D eigenvalue weighted by Crippen LogP contribution is -2.28. The molecule has 0 amide bonds. The smallest absolute Gasteiger partial charge is 0.429 e. The Balaban J connectivity index is 1.78. The zero-order valence-electron chi connectivity index (χ0n) is 15.1. The summed E-state index contributed by atoms with van der Waals surface area (Å²) in [5, 5.41) is 0. The third-order valence-corrected chi connectivity index (χ3v) is 4.35. The molecule has 2 aromatic carbocycles. The Labute approximate surface area is 159 Å². The minimum absolute atomic E-state index is 0.0359. The highest BCUT2D eigenvalue weighted by atomic mass is 19.3. The molecule has 0 spiro atoms. The summed E-state index contributed by atoms with van der Waals surface area (Å²) in [6, 6.07) is 5.14. The van der Waals surface area contributed by atoms with Crippen molar-refractivity contribution in [2.75, 3.05) is 13.2 Å². The largest absolute Gasteiger partial charge is 0.432 e. The number of hydrogen-bond acceptors (Lipinski definition) is 3. The molecule has 1 aliphatic heterocycles. The fraction of sp³-hybridized carbons (Fsp3) is 0.400. The van der Waals surface area contributed by atoms with E-state index >= 15 is 0 Å². The molecular formula is C20H19F5O3. The first kappa shape index (κ1) is 20.5. The van der Waals surface area contributed by atoms with Gasteiger partial charge in [0.25, 0.3) is 0 Å². The van der Waals surface area contributed by atoms with Crippen LogP contribution in [0.1, 0.15) is 37.2 Å². The molecule has 0 N–H and O–H groups in total. The minimum atomic E-state index is -4.30. The molecule has 0 radical (unpaired) electrons. The lowest BCUT2D eigenvalue weighted by Gasteiger charge is -2.30. The summed E-state index contributed by atoms with van der Waals surface area (Å²) in [6.45, 7) is 2.73. The van der Waals surface area contributed by atoms with Crippen molar-refractivity contribution >= 4 is 0 Å². The van der Waals surface area contributed by atoms with Gasteiger partial charge in [-0.05, 0) is 42.8 Å². The van der Waals surface area contributed by atoms with Gasteiger partial charge < -0.3 is 14.2 Å². The number of hydrogen-bond donors (Lipinski definition) is 0. The van der Waals surface area contributed by atoms with Gasteiger partial charge in [0.2, 0.25) is 0 Å². The first-order valence-electron chi connectivity index (χ1n) is 8.85. The van der Waals surface area contributed by atoms with Crippen LogP contribution in [0.3, 0.4) is 0 Å². The van der Waals surface area contributed by atoms with Crippen LogP contribution < -0.4 is 4.74 Å². The van der Waals surface area contributed by atoms with E-state index in [4.69, 9.17) is 9.47 Å². The molecule has 1 saturated heterocycles. The van der Waals surface area contributed by atoms with Gasteiger partial charge in [-0.15, -0.1) is 0 Å². The molecule has 0 aromatic heterocycles. The second-order valence-electron chi connectivity index (χ2n) is 6.59. The molecule has 0 aliphatic carbocycles. The third kappa shape index (κ3) is 4.62. The van der Waals surface area contributed by atoms with Gasteiger partial charge in [-0.1, -0.05) is 13.3 Å². The van der Waals surface area contributed by atoms with E-state index in [0.717, 1.165) is 49.2 Å². The van der Waals surface area contributed by atoms with Crippen LogP contribution in [0.5, 0.6) is 5.75 Å². The Bertz CT molecular complexity index is 779. The molecule has 1 heterocycles. The van der Waals surface area contributed by atoms with Crippen LogP contribution in [0, 0.1) is 23.4 Å². The fourth-order valence-electron chi connectivity index (χ4n) is 3.02. The zero-order valence-corrected chi connectivity index (χ0v) is 15.1. The summed E-state index contributed by atoms with van der Waals surface area (Å²) in [5.74, 6) is -3.90. The van der Waals surface area contributed by atoms with Gasteiger partial charge >= 0.3 is 6.11 Å². The Morgan fingerprint density at radius 3 is 2.11 bits per heavy atom. The van der Waals surface area contributed by atoms with E-state index in [-0.39, 0.29) is 11.5 Å². The molecule has 0 unspecified atom stereocenters. The van der Waals surface area contributed by atoms with Crippen LogP contribution in [-0.2, 0) is 15.6 Å².